The molecule has 1 unspecified atom stereocenters. The molecule has 1 aromatic carbocycles. The first-order valence-electron chi connectivity index (χ1n) is 8.16. The Morgan fingerprint density at radius 3 is 2.35 bits per heavy atom. The number of carbonyl (C=O) groups excluding carboxylic acids is 1. The molecule has 2 N–H and O–H groups in total. The molecular formula is C19H27Cl2N3O2. The Morgan fingerprint density at radius 1 is 1.15 bits per heavy atom. The number of hydrogen-bond donors (Lipinski definition) is 1. The van der Waals surface area contributed by atoms with Crippen molar-refractivity contribution in [3.05, 3.63) is 54.4 Å². The van der Waals surface area contributed by atoms with E-state index in [2.05, 4.69) is 18.8 Å². The average Bonchev–Trinajstić information content (AvgIpc) is 2.60. The number of nitrogens with zero attached hydrogens (tertiary/aromatic N) is 2. The summed E-state index contributed by atoms with van der Waals surface area (Å²) in [5, 5.41) is 0. The molecule has 0 fully saturated rings. The van der Waals surface area contributed by atoms with E-state index in [0.717, 1.165) is 6.42 Å². The monoisotopic (exact) mass is 399 g/mol. The van der Waals surface area contributed by atoms with Gasteiger partial charge in [0, 0.05) is 31.4 Å². The van der Waals surface area contributed by atoms with Gasteiger partial charge in [-0.3, -0.25) is 9.78 Å². The molecule has 0 spiro atoms. The lowest BCUT2D eigenvalue weighted by atomic mass is 10.0. The van der Waals surface area contributed by atoms with Gasteiger partial charge in [0.2, 0.25) is 0 Å². The maximum atomic E-state index is 12.4. The van der Waals surface area contributed by atoms with Crippen molar-refractivity contribution in [3.63, 3.8) is 0 Å². The molecule has 1 heterocycles. The quantitative estimate of drug-likeness (QED) is 0.758. The second-order valence-corrected chi connectivity index (χ2v) is 6.24. The molecule has 0 aliphatic rings. The van der Waals surface area contributed by atoms with E-state index in [1.165, 1.54) is 0 Å². The van der Waals surface area contributed by atoms with Gasteiger partial charge in [-0.05, 0) is 48.7 Å². The van der Waals surface area contributed by atoms with Crippen LogP contribution >= 0.6 is 24.8 Å². The minimum Gasteiger partial charge on any atom is -0.456 e. The summed E-state index contributed by atoms with van der Waals surface area (Å²) in [6.45, 7) is 4.83. The first kappa shape index (κ1) is 24.2. The summed E-state index contributed by atoms with van der Waals surface area (Å²) in [6.07, 6.45) is 4.13. The summed E-state index contributed by atoms with van der Waals surface area (Å²) >= 11 is 0. The summed E-state index contributed by atoms with van der Waals surface area (Å²) in [5.41, 5.74) is 6.67. The van der Waals surface area contributed by atoms with Crippen LogP contribution in [0.2, 0.25) is 0 Å². The Kier molecular flexibility index (Phi) is 10.9. The number of pyridine rings is 1. The topological polar surface area (TPSA) is 68.5 Å². The Bertz CT molecular complexity index is 652. The molecule has 144 valence electrons. The number of benzene rings is 1. The second-order valence-electron chi connectivity index (χ2n) is 6.24. The van der Waals surface area contributed by atoms with Crippen molar-refractivity contribution in [1.29, 1.82) is 0 Å². The van der Waals surface area contributed by atoms with E-state index in [4.69, 9.17) is 10.5 Å². The largest absolute Gasteiger partial charge is 0.456 e. The van der Waals surface area contributed by atoms with Crippen LogP contribution in [0.4, 0.5) is 0 Å². The van der Waals surface area contributed by atoms with Crippen molar-refractivity contribution >= 4 is 30.7 Å². The van der Waals surface area contributed by atoms with Crippen LogP contribution in [0.1, 0.15) is 30.6 Å². The molecular weight excluding hydrogens is 373 g/mol. The zero-order chi connectivity index (χ0) is 17.5. The van der Waals surface area contributed by atoms with E-state index in [0.29, 0.717) is 29.5 Å². The maximum Gasteiger partial charge on any atom is 0.253 e. The zero-order valence-corrected chi connectivity index (χ0v) is 16.9. The molecule has 0 saturated heterocycles. The highest BCUT2D eigenvalue weighted by Gasteiger charge is 2.14. The van der Waals surface area contributed by atoms with Crippen LogP contribution < -0.4 is 10.5 Å². The van der Waals surface area contributed by atoms with Gasteiger partial charge < -0.3 is 15.4 Å². The lowest BCUT2D eigenvalue weighted by Crippen LogP contribution is -2.34. The maximum absolute atomic E-state index is 12.4. The van der Waals surface area contributed by atoms with Crippen LogP contribution in [0.25, 0.3) is 0 Å². The van der Waals surface area contributed by atoms with Crippen LogP contribution in [0.5, 0.6) is 11.5 Å². The van der Waals surface area contributed by atoms with Gasteiger partial charge in [-0.1, -0.05) is 13.8 Å². The fraction of sp³-hybridized carbons (Fsp3) is 0.368. The highest BCUT2D eigenvalue weighted by molar-refractivity contribution is 5.94. The number of aromatic nitrogens is 1. The van der Waals surface area contributed by atoms with Gasteiger partial charge >= 0.3 is 0 Å². The van der Waals surface area contributed by atoms with Crippen molar-refractivity contribution < 1.29 is 9.53 Å². The predicted molar refractivity (Wildman–Crippen MR) is 110 cm³/mol. The minimum absolute atomic E-state index is 0. The van der Waals surface area contributed by atoms with Crippen molar-refractivity contribution in [3.8, 4) is 11.5 Å². The smallest absolute Gasteiger partial charge is 0.253 e. The van der Waals surface area contributed by atoms with Crippen LogP contribution in [-0.4, -0.2) is 35.4 Å². The molecule has 2 rings (SSSR count). The van der Waals surface area contributed by atoms with Crippen LogP contribution in [-0.2, 0) is 0 Å². The van der Waals surface area contributed by atoms with Gasteiger partial charge in [-0.2, -0.15) is 0 Å². The van der Waals surface area contributed by atoms with E-state index < -0.39 is 0 Å². The average molecular weight is 400 g/mol. The minimum atomic E-state index is -0.0149. The SMILES string of the molecule is CC(C)C(N)CCN(C)C(=O)c1ccc(Oc2cccnc2)cc1.Cl.Cl. The third-order valence-electron chi connectivity index (χ3n) is 3.97. The lowest BCUT2D eigenvalue weighted by molar-refractivity contribution is 0.0789. The van der Waals surface area contributed by atoms with Gasteiger partial charge in [-0.25, -0.2) is 0 Å². The number of hydrogen-bond acceptors (Lipinski definition) is 4. The van der Waals surface area contributed by atoms with Gasteiger partial charge in [0.15, 0.2) is 0 Å². The van der Waals surface area contributed by atoms with E-state index in [-0.39, 0.29) is 36.8 Å². The fourth-order valence-electron chi connectivity index (χ4n) is 2.21. The first-order chi connectivity index (χ1) is 11.5. The molecule has 7 heteroatoms. The highest BCUT2D eigenvalue weighted by Crippen LogP contribution is 2.21. The third-order valence-corrected chi connectivity index (χ3v) is 3.97. The number of carbonyl (C=O) groups is 1. The molecule has 5 nitrogen and oxygen atoms in total. The third kappa shape index (κ3) is 7.20. The van der Waals surface area contributed by atoms with Crippen LogP contribution in [0, 0.1) is 5.92 Å². The first-order valence-corrected chi connectivity index (χ1v) is 8.16. The summed E-state index contributed by atoms with van der Waals surface area (Å²) in [6, 6.07) is 10.9. The molecule has 0 aliphatic heterocycles. The molecule has 0 aliphatic carbocycles. The number of halogens is 2. The van der Waals surface area contributed by atoms with Gasteiger partial charge in [-0.15, -0.1) is 24.8 Å². The number of rotatable bonds is 7. The van der Waals surface area contributed by atoms with Crippen LogP contribution in [0.3, 0.4) is 0 Å². The van der Waals surface area contributed by atoms with E-state index in [1.54, 1.807) is 48.6 Å². The van der Waals surface area contributed by atoms with Gasteiger partial charge in [0.25, 0.3) is 5.91 Å². The summed E-state index contributed by atoms with van der Waals surface area (Å²) in [7, 11) is 1.80. The molecule has 26 heavy (non-hydrogen) atoms. The lowest BCUT2D eigenvalue weighted by Gasteiger charge is -2.21. The standard InChI is InChI=1S/C19H25N3O2.2ClH/c1-14(2)18(20)10-12-22(3)19(23)15-6-8-16(9-7-15)24-17-5-4-11-21-13-17;;/h4-9,11,13-14,18H,10,12,20H2,1-3H3;2*1H. The molecule has 0 radical (unpaired) electrons. The predicted octanol–water partition coefficient (Wildman–Crippen LogP) is 4.16. The molecule has 1 amide bonds. The highest BCUT2D eigenvalue weighted by atomic mass is 35.5. The van der Waals surface area contributed by atoms with Crippen molar-refractivity contribution in [2.24, 2.45) is 11.7 Å². The Morgan fingerprint density at radius 2 is 1.81 bits per heavy atom. The number of nitrogens with two attached hydrogens (primary N) is 1. The number of amides is 1. The van der Waals surface area contributed by atoms with Crippen LogP contribution in [0.15, 0.2) is 48.8 Å². The molecule has 0 saturated carbocycles. The summed E-state index contributed by atoms with van der Waals surface area (Å²) in [5.74, 6) is 1.73. The van der Waals surface area contributed by atoms with E-state index in [1.807, 2.05) is 12.1 Å². The fourth-order valence-corrected chi connectivity index (χ4v) is 2.21. The number of ether oxygens (including phenoxy) is 1. The van der Waals surface area contributed by atoms with Gasteiger partial charge in [0.1, 0.15) is 11.5 Å². The normalized spacial score (nSPS) is 11.1. The van der Waals surface area contributed by atoms with E-state index in [9.17, 15) is 4.79 Å². The molecule has 2 aromatic rings. The van der Waals surface area contributed by atoms with Crippen molar-refractivity contribution in [1.82, 2.24) is 9.88 Å². The Hall–Kier alpha value is -1.82. The zero-order valence-electron chi connectivity index (χ0n) is 15.3. The molecule has 0 bridgehead atoms. The molecule has 1 atom stereocenters. The Balaban J connectivity index is 0.00000312. The summed E-state index contributed by atoms with van der Waals surface area (Å²) in [4.78, 5) is 18.1. The van der Waals surface area contributed by atoms with Crippen molar-refractivity contribution in [2.75, 3.05) is 13.6 Å². The van der Waals surface area contributed by atoms with Crippen molar-refractivity contribution in [2.45, 2.75) is 26.3 Å². The van der Waals surface area contributed by atoms with Gasteiger partial charge in [0.05, 0.1) is 6.20 Å². The molecule has 1 aromatic heterocycles. The second kappa shape index (κ2) is 11.7. The van der Waals surface area contributed by atoms with E-state index >= 15 is 0 Å². The summed E-state index contributed by atoms with van der Waals surface area (Å²) < 4.78 is 5.67. The Labute approximate surface area is 167 Å².